The second-order valence-electron chi connectivity index (χ2n) is 5.33. The van der Waals surface area contributed by atoms with Crippen LogP contribution < -0.4 is 5.32 Å². The normalized spacial score (nSPS) is 20.3. The standard InChI is InChI=1S/C14H17ClF2N2.2ClH/c15-13-11(17)4-3-10(16)12(13)14(9-1-2-9)19-7-5-18-6-8-19;;/h3-4,9,14,18H,1-2,5-8H2;2*1H/t14-;;/m0../s1. The Labute approximate surface area is 141 Å². The molecule has 120 valence electrons. The zero-order valence-corrected chi connectivity index (χ0v) is 13.8. The molecule has 7 heteroatoms. The lowest BCUT2D eigenvalue weighted by Crippen LogP contribution is -2.46. The molecule has 1 aromatic carbocycles. The van der Waals surface area contributed by atoms with E-state index in [-0.39, 0.29) is 41.7 Å². The Hall–Kier alpha value is -0.130. The zero-order valence-electron chi connectivity index (χ0n) is 11.4. The minimum absolute atomic E-state index is 0. The molecule has 1 saturated carbocycles. The van der Waals surface area contributed by atoms with Crippen LogP contribution in [-0.2, 0) is 0 Å². The minimum Gasteiger partial charge on any atom is -0.314 e. The number of rotatable bonds is 3. The van der Waals surface area contributed by atoms with E-state index in [1.54, 1.807) is 0 Å². The monoisotopic (exact) mass is 358 g/mol. The molecule has 0 bridgehead atoms. The fourth-order valence-electron chi connectivity index (χ4n) is 2.90. The van der Waals surface area contributed by atoms with E-state index in [2.05, 4.69) is 10.2 Å². The Bertz CT molecular complexity index is 478. The maximum Gasteiger partial charge on any atom is 0.142 e. The summed E-state index contributed by atoms with van der Waals surface area (Å²) in [6.07, 6.45) is 2.14. The van der Waals surface area contributed by atoms with Gasteiger partial charge in [-0.3, -0.25) is 4.90 Å². The van der Waals surface area contributed by atoms with Crippen LogP contribution >= 0.6 is 36.4 Å². The van der Waals surface area contributed by atoms with Gasteiger partial charge in [-0.05, 0) is 30.9 Å². The fraction of sp³-hybridized carbons (Fsp3) is 0.571. The zero-order chi connectivity index (χ0) is 13.4. The van der Waals surface area contributed by atoms with E-state index in [9.17, 15) is 8.78 Å². The maximum atomic E-state index is 14.1. The summed E-state index contributed by atoms with van der Waals surface area (Å²) in [4.78, 5) is 2.23. The molecular weight excluding hydrogens is 341 g/mol. The average molecular weight is 360 g/mol. The van der Waals surface area contributed by atoms with Crippen LogP contribution in [0.2, 0.25) is 5.02 Å². The highest BCUT2D eigenvalue weighted by Gasteiger charge is 2.39. The molecule has 3 rings (SSSR count). The summed E-state index contributed by atoms with van der Waals surface area (Å²) in [5.74, 6) is -0.507. The predicted octanol–water partition coefficient (Wildman–Crippen LogP) is 3.82. The number of hydrogen-bond donors (Lipinski definition) is 1. The van der Waals surface area contributed by atoms with Crippen LogP contribution in [0.25, 0.3) is 0 Å². The van der Waals surface area contributed by atoms with Gasteiger partial charge >= 0.3 is 0 Å². The van der Waals surface area contributed by atoms with Gasteiger partial charge < -0.3 is 5.32 Å². The molecule has 1 heterocycles. The first-order valence-electron chi connectivity index (χ1n) is 6.76. The highest BCUT2D eigenvalue weighted by molar-refractivity contribution is 6.31. The van der Waals surface area contributed by atoms with Crippen molar-refractivity contribution in [2.24, 2.45) is 5.92 Å². The first-order chi connectivity index (χ1) is 9.18. The largest absolute Gasteiger partial charge is 0.314 e. The van der Waals surface area contributed by atoms with Gasteiger partial charge in [0, 0.05) is 37.8 Å². The Morgan fingerprint density at radius 3 is 2.24 bits per heavy atom. The summed E-state index contributed by atoms with van der Waals surface area (Å²) in [6, 6.07) is 2.21. The van der Waals surface area contributed by atoms with Crippen LogP contribution in [-0.4, -0.2) is 31.1 Å². The molecule has 1 aromatic rings. The average Bonchev–Trinajstić information content (AvgIpc) is 3.24. The lowest BCUT2D eigenvalue weighted by atomic mass is 9.99. The molecule has 1 saturated heterocycles. The van der Waals surface area contributed by atoms with Gasteiger partial charge in [-0.1, -0.05) is 11.6 Å². The van der Waals surface area contributed by atoms with Crippen molar-refractivity contribution in [2.45, 2.75) is 18.9 Å². The molecular formula is C14H19Cl3F2N2. The highest BCUT2D eigenvalue weighted by atomic mass is 35.5. The summed E-state index contributed by atoms with van der Waals surface area (Å²) in [5, 5.41) is 3.23. The Morgan fingerprint density at radius 2 is 1.67 bits per heavy atom. The van der Waals surface area contributed by atoms with Gasteiger partial charge in [0.1, 0.15) is 11.6 Å². The molecule has 0 amide bonds. The lowest BCUT2D eigenvalue weighted by molar-refractivity contribution is 0.153. The van der Waals surface area contributed by atoms with E-state index < -0.39 is 5.82 Å². The van der Waals surface area contributed by atoms with Gasteiger partial charge in [-0.2, -0.15) is 0 Å². The first-order valence-corrected chi connectivity index (χ1v) is 7.14. The number of halogens is 5. The van der Waals surface area contributed by atoms with E-state index in [1.807, 2.05) is 0 Å². The number of nitrogens with zero attached hydrogens (tertiary/aromatic N) is 1. The van der Waals surface area contributed by atoms with Crippen molar-refractivity contribution in [3.8, 4) is 0 Å². The predicted molar refractivity (Wildman–Crippen MR) is 85.8 cm³/mol. The van der Waals surface area contributed by atoms with Crippen LogP contribution in [0.3, 0.4) is 0 Å². The summed E-state index contributed by atoms with van der Waals surface area (Å²) in [5.41, 5.74) is 0.353. The fourth-order valence-corrected chi connectivity index (χ4v) is 3.17. The molecule has 1 aliphatic carbocycles. The van der Waals surface area contributed by atoms with Crippen LogP contribution in [0.1, 0.15) is 24.4 Å². The SMILES string of the molecule is Cl.Cl.Fc1ccc(F)c([C@H](C2CC2)N2CCNCC2)c1Cl. The molecule has 0 spiro atoms. The van der Waals surface area contributed by atoms with Crippen molar-refractivity contribution in [1.82, 2.24) is 10.2 Å². The summed E-state index contributed by atoms with van der Waals surface area (Å²) >= 11 is 6.03. The number of hydrogen-bond acceptors (Lipinski definition) is 2. The van der Waals surface area contributed by atoms with Crippen LogP contribution in [0.5, 0.6) is 0 Å². The van der Waals surface area contributed by atoms with Crippen molar-refractivity contribution in [2.75, 3.05) is 26.2 Å². The summed E-state index contributed by atoms with van der Waals surface area (Å²) in [6.45, 7) is 3.48. The Morgan fingerprint density at radius 1 is 1.10 bits per heavy atom. The molecule has 2 fully saturated rings. The number of piperazine rings is 1. The Kier molecular flexibility index (Phi) is 7.14. The van der Waals surface area contributed by atoms with Gasteiger partial charge in [0.25, 0.3) is 0 Å². The summed E-state index contributed by atoms with van der Waals surface area (Å²) in [7, 11) is 0. The highest BCUT2D eigenvalue weighted by Crippen LogP contribution is 2.47. The van der Waals surface area contributed by atoms with Gasteiger partial charge in [-0.25, -0.2) is 8.78 Å². The maximum absolute atomic E-state index is 14.1. The first kappa shape index (κ1) is 18.9. The van der Waals surface area contributed by atoms with Crippen molar-refractivity contribution >= 4 is 36.4 Å². The van der Waals surface area contributed by atoms with E-state index in [4.69, 9.17) is 11.6 Å². The second kappa shape index (κ2) is 7.93. The third kappa shape index (κ3) is 3.99. The van der Waals surface area contributed by atoms with E-state index in [0.717, 1.165) is 45.1 Å². The molecule has 1 atom stereocenters. The molecule has 0 aromatic heterocycles. The van der Waals surface area contributed by atoms with Crippen molar-refractivity contribution in [1.29, 1.82) is 0 Å². The van der Waals surface area contributed by atoms with Crippen LogP contribution in [0.15, 0.2) is 12.1 Å². The van der Waals surface area contributed by atoms with Crippen LogP contribution in [0.4, 0.5) is 8.78 Å². The second-order valence-corrected chi connectivity index (χ2v) is 5.70. The van der Waals surface area contributed by atoms with Gasteiger partial charge in [0.15, 0.2) is 0 Å². The quantitative estimate of drug-likeness (QED) is 0.825. The van der Waals surface area contributed by atoms with E-state index in [0.29, 0.717) is 11.5 Å². The Balaban J connectivity index is 0.00000110. The molecule has 21 heavy (non-hydrogen) atoms. The molecule has 0 unspecified atom stereocenters. The molecule has 0 radical (unpaired) electrons. The van der Waals surface area contributed by atoms with E-state index >= 15 is 0 Å². The van der Waals surface area contributed by atoms with Crippen molar-refractivity contribution in [3.05, 3.63) is 34.4 Å². The summed E-state index contributed by atoms with van der Waals surface area (Å²) < 4.78 is 27.8. The molecule has 1 N–H and O–H groups in total. The third-order valence-electron chi connectivity index (χ3n) is 3.99. The van der Waals surface area contributed by atoms with Gasteiger partial charge in [0.2, 0.25) is 0 Å². The molecule has 1 aliphatic heterocycles. The topological polar surface area (TPSA) is 15.3 Å². The smallest absolute Gasteiger partial charge is 0.142 e. The lowest BCUT2D eigenvalue weighted by Gasteiger charge is -2.36. The van der Waals surface area contributed by atoms with Gasteiger partial charge in [-0.15, -0.1) is 24.8 Å². The van der Waals surface area contributed by atoms with Crippen LogP contribution in [0, 0.1) is 17.6 Å². The van der Waals surface area contributed by atoms with Gasteiger partial charge in [0.05, 0.1) is 5.02 Å². The number of nitrogens with one attached hydrogen (secondary N) is 1. The van der Waals surface area contributed by atoms with Crippen molar-refractivity contribution < 1.29 is 8.78 Å². The van der Waals surface area contributed by atoms with E-state index in [1.165, 1.54) is 6.07 Å². The number of benzene rings is 1. The molecule has 2 aliphatic rings. The molecule has 2 nitrogen and oxygen atoms in total. The minimum atomic E-state index is -0.529. The van der Waals surface area contributed by atoms with Crippen molar-refractivity contribution in [3.63, 3.8) is 0 Å². The third-order valence-corrected chi connectivity index (χ3v) is 4.37.